The van der Waals surface area contributed by atoms with E-state index in [1.165, 1.54) is 13.8 Å². The first-order valence-electron chi connectivity index (χ1n) is 12.5. The summed E-state index contributed by atoms with van der Waals surface area (Å²) in [5, 5.41) is 11.4. The topological polar surface area (TPSA) is 144 Å². The Morgan fingerprint density at radius 3 is 1.97 bits per heavy atom. The van der Waals surface area contributed by atoms with E-state index in [4.69, 9.17) is 28.4 Å². The summed E-state index contributed by atoms with van der Waals surface area (Å²) in [5.41, 5.74) is 1.78. The smallest absolute Gasteiger partial charge is 0.303 e. The normalized spacial score (nSPS) is 25.8. The van der Waals surface area contributed by atoms with Gasteiger partial charge in [-0.25, -0.2) is 0 Å². The van der Waals surface area contributed by atoms with Crippen molar-refractivity contribution in [1.29, 1.82) is 0 Å². The summed E-state index contributed by atoms with van der Waals surface area (Å²) < 4.78 is 34.4. The highest BCUT2D eigenvalue weighted by Gasteiger charge is 2.54. The maximum Gasteiger partial charge on any atom is 0.303 e. The molecule has 11 heteroatoms. The Hall–Kier alpha value is -3.34. The summed E-state index contributed by atoms with van der Waals surface area (Å²) in [5.74, 6) is -2.28. The molecule has 0 unspecified atom stereocenters. The van der Waals surface area contributed by atoms with Crippen LogP contribution in [0.25, 0.3) is 0 Å². The lowest BCUT2D eigenvalue weighted by Gasteiger charge is -2.46. The molecule has 0 radical (unpaired) electrons. The summed E-state index contributed by atoms with van der Waals surface area (Å²) in [6.07, 6.45) is -5.11. The second-order valence-electron chi connectivity index (χ2n) is 10.3. The summed E-state index contributed by atoms with van der Waals surface area (Å²) in [7, 11) is 0. The standard InChI is InChI=1S/C27H36O11/c1-12-13(2)22-18(9-10-27(7,8)38-22)20(21(12)32)24-26(36-17(6)31)25(35-16(5)30)23(34-15(4)29)19(37-24)11-33-14(3)28/h19,23-26,32H,9-11H2,1-8H3/t19-,23-,24+,25+,26+/m1/s1. The van der Waals surface area contributed by atoms with Crippen LogP contribution in [0, 0.1) is 13.8 Å². The summed E-state index contributed by atoms with van der Waals surface area (Å²) in [6.45, 7) is 11.8. The zero-order valence-corrected chi connectivity index (χ0v) is 23.0. The minimum absolute atomic E-state index is 0.0922. The summed E-state index contributed by atoms with van der Waals surface area (Å²) in [6, 6.07) is 0. The number of esters is 4. The molecule has 210 valence electrons. The monoisotopic (exact) mass is 536 g/mol. The van der Waals surface area contributed by atoms with E-state index in [9.17, 15) is 24.3 Å². The van der Waals surface area contributed by atoms with Crippen LogP contribution >= 0.6 is 0 Å². The van der Waals surface area contributed by atoms with Gasteiger partial charge in [0.25, 0.3) is 0 Å². The maximum atomic E-state index is 12.2. The molecular weight excluding hydrogens is 500 g/mol. The van der Waals surface area contributed by atoms with E-state index in [0.29, 0.717) is 35.3 Å². The number of phenolic OH excluding ortho intramolecular Hbond substituents is 1. The lowest BCUT2D eigenvalue weighted by molar-refractivity contribution is -0.254. The van der Waals surface area contributed by atoms with Crippen molar-refractivity contribution < 1.29 is 52.7 Å². The minimum Gasteiger partial charge on any atom is -0.507 e. The number of carbonyl (C=O) groups excluding carboxylic acids is 4. The van der Waals surface area contributed by atoms with Gasteiger partial charge in [-0.05, 0) is 51.7 Å². The zero-order valence-electron chi connectivity index (χ0n) is 23.0. The number of carbonyl (C=O) groups is 4. The first-order valence-corrected chi connectivity index (χ1v) is 12.5. The molecule has 0 aromatic heterocycles. The predicted molar refractivity (Wildman–Crippen MR) is 132 cm³/mol. The number of hydrogen-bond acceptors (Lipinski definition) is 11. The van der Waals surface area contributed by atoms with Gasteiger partial charge in [0, 0.05) is 38.8 Å². The van der Waals surface area contributed by atoms with Crippen LogP contribution in [0.3, 0.4) is 0 Å². The lowest BCUT2D eigenvalue weighted by atomic mass is 9.82. The van der Waals surface area contributed by atoms with Crippen LogP contribution in [0.1, 0.15) is 76.3 Å². The van der Waals surface area contributed by atoms with Gasteiger partial charge in [-0.3, -0.25) is 19.2 Å². The fourth-order valence-corrected chi connectivity index (χ4v) is 4.95. The summed E-state index contributed by atoms with van der Waals surface area (Å²) >= 11 is 0. The Kier molecular flexibility index (Phi) is 8.60. The van der Waals surface area contributed by atoms with Crippen molar-refractivity contribution in [3.05, 3.63) is 22.3 Å². The average Bonchev–Trinajstić information content (AvgIpc) is 2.79. The van der Waals surface area contributed by atoms with Gasteiger partial charge in [0.15, 0.2) is 18.3 Å². The third-order valence-electron chi connectivity index (χ3n) is 6.74. The summed E-state index contributed by atoms with van der Waals surface area (Å²) in [4.78, 5) is 48.0. The van der Waals surface area contributed by atoms with Gasteiger partial charge >= 0.3 is 23.9 Å². The second kappa shape index (κ2) is 11.2. The molecule has 1 aromatic rings. The van der Waals surface area contributed by atoms with Gasteiger partial charge in [0.1, 0.15) is 35.9 Å². The molecular formula is C27H36O11. The van der Waals surface area contributed by atoms with E-state index in [-0.39, 0.29) is 12.4 Å². The third-order valence-corrected chi connectivity index (χ3v) is 6.74. The van der Waals surface area contributed by atoms with Crippen molar-refractivity contribution in [2.24, 2.45) is 0 Å². The van der Waals surface area contributed by atoms with E-state index in [0.717, 1.165) is 19.4 Å². The highest BCUT2D eigenvalue weighted by Crippen LogP contribution is 2.50. The van der Waals surface area contributed by atoms with E-state index < -0.39 is 60.0 Å². The molecule has 2 heterocycles. The Bertz CT molecular complexity index is 1120. The Morgan fingerprint density at radius 2 is 1.42 bits per heavy atom. The number of benzene rings is 1. The minimum atomic E-state index is -1.34. The van der Waals surface area contributed by atoms with Gasteiger partial charge in [0.2, 0.25) is 0 Å². The van der Waals surface area contributed by atoms with Crippen LogP contribution in [-0.4, -0.2) is 65.6 Å². The highest BCUT2D eigenvalue weighted by atomic mass is 16.7. The molecule has 0 amide bonds. The molecule has 1 fully saturated rings. The van der Waals surface area contributed by atoms with Crippen molar-refractivity contribution in [2.75, 3.05) is 6.61 Å². The van der Waals surface area contributed by atoms with E-state index in [1.807, 2.05) is 20.8 Å². The molecule has 1 saturated heterocycles. The number of fused-ring (bicyclic) bond motifs is 1. The van der Waals surface area contributed by atoms with Gasteiger partial charge in [-0.15, -0.1) is 0 Å². The van der Waals surface area contributed by atoms with Crippen LogP contribution < -0.4 is 4.74 Å². The first-order chi connectivity index (χ1) is 17.6. The van der Waals surface area contributed by atoms with Gasteiger partial charge in [-0.2, -0.15) is 0 Å². The quantitative estimate of drug-likeness (QED) is 0.423. The number of ether oxygens (including phenoxy) is 6. The molecule has 0 bridgehead atoms. The molecule has 2 aliphatic rings. The van der Waals surface area contributed by atoms with Crippen molar-refractivity contribution in [2.45, 2.75) is 104 Å². The molecule has 0 aliphatic carbocycles. The molecule has 2 aliphatic heterocycles. The van der Waals surface area contributed by atoms with Crippen molar-refractivity contribution >= 4 is 23.9 Å². The van der Waals surface area contributed by atoms with E-state index >= 15 is 0 Å². The first kappa shape index (κ1) is 29.2. The molecule has 1 aromatic carbocycles. The van der Waals surface area contributed by atoms with Crippen LogP contribution in [0.15, 0.2) is 0 Å². The Labute approximate surface area is 221 Å². The fraction of sp³-hybridized carbons (Fsp3) is 0.630. The van der Waals surface area contributed by atoms with Crippen LogP contribution in [0.5, 0.6) is 11.5 Å². The molecule has 0 saturated carbocycles. The number of hydrogen-bond donors (Lipinski definition) is 1. The van der Waals surface area contributed by atoms with E-state index in [1.54, 1.807) is 6.92 Å². The molecule has 1 N–H and O–H groups in total. The highest BCUT2D eigenvalue weighted by molar-refractivity contribution is 5.69. The average molecular weight is 537 g/mol. The van der Waals surface area contributed by atoms with Crippen molar-refractivity contribution in [3.8, 4) is 11.5 Å². The molecule has 11 nitrogen and oxygen atoms in total. The molecule has 5 atom stereocenters. The predicted octanol–water partition coefficient (Wildman–Crippen LogP) is 2.91. The second-order valence-corrected chi connectivity index (χ2v) is 10.3. The fourth-order valence-electron chi connectivity index (χ4n) is 4.95. The third kappa shape index (κ3) is 6.20. The lowest BCUT2D eigenvalue weighted by Crippen LogP contribution is -2.59. The molecule has 38 heavy (non-hydrogen) atoms. The largest absolute Gasteiger partial charge is 0.507 e. The number of aromatic hydroxyl groups is 1. The molecule has 3 rings (SSSR count). The Balaban J connectivity index is 2.25. The molecule has 0 spiro atoms. The van der Waals surface area contributed by atoms with Crippen molar-refractivity contribution in [3.63, 3.8) is 0 Å². The maximum absolute atomic E-state index is 12.2. The van der Waals surface area contributed by atoms with E-state index in [2.05, 4.69) is 0 Å². The van der Waals surface area contributed by atoms with Crippen molar-refractivity contribution in [1.82, 2.24) is 0 Å². The number of rotatable bonds is 6. The van der Waals surface area contributed by atoms with Gasteiger partial charge < -0.3 is 33.5 Å². The van der Waals surface area contributed by atoms with Crippen LogP contribution in [0.4, 0.5) is 0 Å². The van der Waals surface area contributed by atoms with Crippen LogP contribution in [-0.2, 0) is 49.3 Å². The SMILES string of the molecule is CC(=O)OC[C@H]1O[C@@H](c2c(O)c(C)c(C)c3c2CCC(C)(C)O3)[C@H](OC(C)=O)[C@@H](OC(C)=O)[C@@H]1OC(C)=O. The zero-order chi connectivity index (χ0) is 28.5. The Morgan fingerprint density at radius 1 is 0.868 bits per heavy atom. The number of phenols is 1. The van der Waals surface area contributed by atoms with Gasteiger partial charge in [-0.1, -0.05) is 0 Å². The van der Waals surface area contributed by atoms with Crippen LogP contribution in [0.2, 0.25) is 0 Å². The van der Waals surface area contributed by atoms with Gasteiger partial charge in [0.05, 0.1) is 0 Å².